The molecule has 1 aromatic heterocycles. The highest BCUT2D eigenvalue weighted by atomic mass is 35.5. The first-order valence-corrected chi connectivity index (χ1v) is 11.7. The van der Waals surface area contributed by atoms with Gasteiger partial charge in [0.05, 0.1) is 15.8 Å². The third-order valence-electron chi connectivity index (χ3n) is 4.98. The molecule has 2 aromatic carbocycles. The molecule has 1 N–H and O–H groups in total. The van der Waals surface area contributed by atoms with Crippen molar-refractivity contribution in [1.82, 2.24) is 9.97 Å². The predicted molar refractivity (Wildman–Crippen MR) is 129 cm³/mol. The monoisotopic (exact) mass is 491 g/mol. The summed E-state index contributed by atoms with van der Waals surface area (Å²) in [5.74, 6) is 0.631. The van der Waals surface area contributed by atoms with Gasteiger partial charge in [0.15, 0.2) is 0 Å². The minimum absolute atomic E-state index is 0.165. The van der Waals surface area contributed by atoms with Crippen LogP contribution in [0.15, 0.2) is 59.9 Å². The molecular weight excluding hydrogens is 472 g/mol. The summed E-state index contributed by atoms with van der Waals surface area (Å²) in [5.41, 5.74) is 1.60. The number of carbonyl (C=O) groups excluding carboxylic acids is 1. The van der Waals surface area contributed by atoms with Gasteiger partial charge >= 0.3 is 0 Å². The largest absolute Gasteiger partial charge is 0.368 e. The molecule has 166 valence electrons. The van der Waals surface area contributed by atoms with E-state index in [-0.39, 0.29) is 17.5 Å². The van der Waals surface area contributed by atoms with Crippen molar-refractivity contribution in [3.63, 3.8) is 0 Å². The molecule has 1 aliphatic rings. The molecule has 0 radical (unpaired) electrons. The number of nitrogens with zero attached hydrogens (tertiary/aromatic N) is 4. The molecule has 0 spiro atoms. The van der Waals surface area contributed by atoms with Gasteiger partial charge in [-0.05, 0) is 42.5 Å². The van der Waals surface area contributed by atoms with Crippen LogP contribution >= 0.6 is 35.0 Å². The Morgan fingerprint density at radius 2 is 1.69 bits per heavy atom. The molecule has 2 heterocycles. The van der Waals surface area contributed by atoms with Crippen molar-refractivity contribution < 1.29 is 9.18 Å². The van der Waals surface area contributed by atoms with Gasteiger partial charge in [0.25, 0.3) is 0 Å². The van der Waals surface area contributed by atoms with Crippen molar-refractivity contribution in [2.45, 2.75) is 5.03 Å². The van der Waals surface area contributed by atoms with Crippen LogP contribution < -0.4 is 15.1 Å². The molecule has 4 rings (SSSR count). The zero-order valence-corrected chi connectivity index (χ0v) is 19.3. The second-order valence-corrected chi connectivity index (χ2v) is 8.94. The summed E-state index contributed by atoms with van der Waals surface area (Å²) in [6.45, 7) is 3.20. The second kappa shape index (κ2) is 10.4. The van der Waals surface area contributed by atoms with Gasteiger partial charge in [0, 0.05) is 43.6 Å². The van der Waals surface area contributed by atoms with Gasteiger partial charge in [-0.2, -0.15) is 0 Å². The fourth-order valence-corrected chi connectivity index (χ4v) is 4.30. The number of hydrogen-bond donors (Lipinski definition) is 1. The lowest BCUT2D eigenvalue weighted by Gasteiger charge is -2.36. The molecule has 0 atom stereocenters. The van der Waals surface area contributed by atoms with E-state index < -0.39 is 0 Å². The molecule has 1 fully saturated rings. The van der Waals surface area contributed by atoms with Crippen LogP contribution in [-0.4, -0.2) is 47.8 Å². The number of benzene rings is 2. The Balaban J connectivity index is 1.30. The minimum atomic E-state index is -0.232. The molecule has 0 aliphatic carbocycles. The number of piperazine rings is 1. The summed E-state index contributed by atoms with van der Waals surface area (Å²) >= 11 is 13.2. The van der Waals surface area contributed by atoms with E-state index in [1.165, 1.54) is 30.2 Å². The first-order chi connectivity index (χ1) is 15.5. The lowest BCUT2D eigenvalue weighted by atomic mass is 10.2. The van der Waals surface area contributed by atoms with E-state index in [1.807, 2.05) is 6.07 Å². The lowest BCUT2D eigenvalue weighted by molar-refractivity contribution is -0.113. The summed E-state index contributed by atoms with van der Waals surface area (Å²) in [6, 6.07) is 13.4. The van der Waals surface area contributed by atoms with Crippen LogP contribution in [-0.2, 0) is 4.79 Å². The highest BCUT2D eigenvalue weighted by molar-refractivity contribution is 7.99. The topological polar surface area (TPSA) is 61.4 Å². The first kappa shape index (κ1) is 22.6. The summed E-state index contributed by atoms with van der Waals surface area (Å²) in [6.07, 6.45) is 1.51. The Hall–Kier alpha value is -2.55. The number of anilines is 3. The molecule has 0 bridgehead atoms. The smallest absolute Gasteiger partial charge is 0.234 e. The Kier molecular flexibility index (Phi) is 7.34. The number of halogens is 3. The Morgan fingerprint density at radius 3 is 2.41 bits per heavy atom. The summed E-state index contributed by atoms with van der Waals surface area (Å²) in [7, 11) is 0. The average Bonchev–Trinajstić information content (AvgIpc) is 2.81. The Labute approximate surface area is 199 Å². The van der Waals surface area contributed by atoms with Gasteiger partial charge in [0.2, 0.25) is 5.91 Å². The summed E-state index contributed by atoms with van der Waals surface area (Å²) in [5, 5.41) is 4.34. The zero-order valence-electron chi connectivity index (χ0n) is 17.0. The summed E-state index contributed by atoms with van der Waals surface area (Å²) < 4.78 is 13.1. The first-order valence-electron chi connectivity index (χ1n) is 9.93. The van der Waals surface area contributed by atoms with E-state index in [1.54, 1.807) is 30.3 Å². The molecule has 1 amide bonds. The maximum atomic E-state index is 13.1. The molecule has 1 aliphatic heterocycles. The molecule has 1 saturated heterocycles. The quantitative estimate of drug-likeness (QED) is 0.387. The number of rotatable bonds is 6. The number of nitrogens with one attached hydrogen (secondary N) is 1. The van der Waals surface area contributed by atoms with Crippen molar-refractivity contribution in [2.24, 2.45) is 0 Å². The molecule has 0 saturated carbocycles. The van der Waals surface area contributed by atoms with Crippen molar-refractivity contribution in [3.05, 3.63) is 70.7 Å². The van der Waals surface area contributed by atoms with Crippen LogP contribution in [0.25, 0.3) is 0 Å². The number of carbonyl (C=O) groups is 1. The third kappa shape index (κ3) is 5.82. The number of hydrogen-bond acceptors (Lipinski definition) is 6. The zero-order chi connectivity index (χ0) is 22.5. The van der Waals surface area contributed by atoms with Gasteiger partial charge in [-0.15, -0.1) is 0 Å². The van der Waals surface area contributed by atoms with Gasteiger partial charge < -0.3 is 15.1 Å². The van der Waals surface area contributed by atoms with E-state index >= 15 is 0 Å². The normalized spacial score (nSPS) is 13.8. The van der Waals surface area contributed by atoms with Gasteiger partial charge in [-0.3, -0.25) is 4.79 Å². The standard InChI is InChI=1S/C22H20Cl2FN5OS/c23-18-6-3-16(11-19(18)24)28-21(31)13-32-22-12-20(26-14-27-22)30-9-7-29(8-10-30)17-4-1-15(25)2-5-17/h1-6,11-12,14H,7-10,13H2,(H,28,31). The van der Waals surface area contributed by atoms with E-state index in [2.05, 4.69) is 25.1 Å². The van der Waals surface area contributed by atoms with E-state index in [4.69, 9.17) is 23.2 Å². The maximum absolute atomic E-state index is 13.1. The van der Waals surface area contributed by atoms with Crippen molar-refractivity contribution in [2.75, 3.05) is 47.0 Å². The number of amides is 1. The van der Waals surface area contributed by atoms with Crippen LogP contribution in [0.4, 0.5) is 21.6 Å². The van der Waals surface area contributed by atoms with E-state index in [9.17, 15) is 9.18 Å². The van der Waals surface area contributed by atoms with Crippen LogP contribution in [0.3, 0.4) is 0 Å². The Bertz CT molecular complexity index is 1090. The van der Waals surface area contributed by atoms with Gasteiger partial charge in [0.1, 0.15) is 23.0 Å². The number of aromatic nitrogens is 2. The molecule has 32 heavy (non-hydrogen) atoms. The van der Waals surface area contributed by atoms with Crippen molar-refractivity contribution in [3.8, 4) is 0 Å². The van der Waals surface area contributed by atoms with Crippen LogP contribution in [0.1, 0.15) is 0 Å². The fraction of sp³-hybridized carbons (Fsp3) is 0.227. The predicted octanol–water partition coefficient (Wildman–Crippen LogP) is 4.98. The van der Waals surface area contributed by atoms with Gasteiger partial charge in [-0.1, -0.05) is 35.0 Å². The SMILES string of the molecule is O=C(CSc1cc(N2CCN(c3ccc(F)cc3)CC2)ncn1)Nc1ccc(Cl)c(Cl)c1. The highest BCUT2D eigenvalue weighted by Gasteiger charge is 2.19. The fourth-order valence-electron chi connectivity index (χ4n) is 3.34. The maximum Gasteiger partial charge on any atom is 0.234 e. The molecule has 6 nitrogen and oxygen atoms in total. The molecule has 3 aromatic rings. The van der Waals surface area contributed by atoms with E-state index in [0.29, 0.717) is 15.7 Å². The Morgan fingerprint density at radius 1 is 0.969 bits per heavy atom. The van der Waals surface area contributed by atoms with Crippen LogP contribution in [0.2, 0.25) is 10.0 Å². The lowest BCUT2D eigenvalue weighted by Crippen LogP contribution is -2.46. The highest BCUT2D eigenvalue weighted by Crippen LogP contribution is 2.26. The molecule has 10 heteroatoms. The minimum Gasteiger partial charge on any atom is -0.368 e. The third-order valence-corrected chi connectivity index (χ3v) is 6.64. The van der Waals surface area contributed by atoms with Crippen LogP contribution in [0, 0.1) is 5.82 Å². The van der Waals surface area contributed by atoms with E-state index in [0.717, 1.165) is 42.7 Å². The summed E-state index contributed by atoms with van der Waals surface area (Å²) in [4.78, 5) is 25.3. The molecule has 0 unspecified atom stereocenters. The van der Waals surface area contributed by atoms with Gasteiger partial charge in [-0.25, -0.2) is 14.4 Å². The molecular formula is C22H20Cl2FN5OS. The second-order valence-electron chi connectivity index (χ2n) is 7.13. The number of thioether (sulfide) groups is 1. The average molecular weight is 492 g/mol. The van der Waals surface area contributed by atoms with Crippen molar-refractivity contribution in [1.29, 1.82) is 0 Å². The van der Waals surface area contributed by atoms with Crippen LogP contribution in [0.5, 0.6) is 0 Å². The van der Waals surface area contributed by atoms with Crippen molar-refractivity contribution >= 4 is 58.1 Å².